The minimum absolute atomic E-state index is 0.00157. The first kappa shape index (κ1) is 13.4. The fourth-order valence-electron chi connectivity index (χ4n) is 2.91. The number of carbonyl (C=O) groups is 1. The summed E-state index contributed by atoms with van der Waals surface area (Å²) in [6.45, 7) is 5.09. The number of carbonyl (C=O) groups excluding carboxylic acids is 1. The van der Waals surface area contributed by atoms with Gasteiger partial charge in [0.25, 0.3) is 0 Å². The largest absolute Gasteiger partial charge is 0.497 e. The molecule has 4 heteroatoms. The lowest BCUT2D eigenvalue weighted by Crippen LogP contribution is -2.34. The van der Waals surface area contributed by atoms with Gasteiger partial charge in [0.15, 0.2) is 0 Å². The molecule has 4 nitrogen and oxygen atoms in total. The molecule has 0 radical (unpaired) electrons. The van der Waals surface area contributed by atoms with Gasteiger partial charge in [-0.15, -0.1) is 0 Å². The van der Waals surface area contributed by atoms with Crippen LogP contribution >= 0.6 is 0 Å². The molecule has 20 heavy (non-hydrogen) atoms. The lowest BCUT2D eigenvalue weighted by atomic mass is 10.1. The second-order valence-corrected chi connectivity index (χ2v) is 6.25. The predicted molar refractivity (Wildman–Crippen MR) is 77.4 cm³/mol. The van der Waals surface area contributed by atoms with E-state index in [4.69, 9.17) is 4.74 Å². The van der Waals surface area contributed by atoms with Crippen LogP contribution in [-0.4, -0.2) is 30.0 Å². The quantitative estimate of drug-likeness (QED) is 0.916. The van der Waals surface area contributed by atoms with Crippen LogP contribution in [-0.2, 0) is 4.79 Å². The highest BCUT2D eigenvalue weighted by molar-refractivity contribution is 5.92. The molecule has 1 N–H and O–H groups in total. The Bertz CT molecular complexity index is 506. The summed E-state index contributed by atoms with van der Waals surface area (Å²) in [4.78, 5) is 14.6. The van der Waals surface area contributed by atoms with Gasteiger partial charge in [-0.25, -0.2) is 0 Å². The van der Waals surface area contributed by atoms with E-state index in [0.29, 0.717) is 5.92 Å². The van der Waals surface area contributed by atoms with Crippen molar-refractivity contribution in [2.45, 2.75) is 38.4 Å². The van der Waals surface area contributed by atoms with Gasteiger partial charge in [-0.3, -0.25) is 10.1 Å². The van der Waals surface area contributed by atoms with Crippen LogP contribution in [0.1, 0.15) is 38.4 Å². The van der Waals surface area contributed by atoms with E-state index in [-0.39, 0.29) is 17.6 Å². The molecule has 108 valence electrons. The topological polar surface area (TPSA) is 41.6 Å². The zero-order chi connectivity index (χ0) is 14.3. The van der Waals surface area contributed by atoms with Crippen LogP contribution in [0.2, 0.25) is 0 Å². The Morgan fingerprint density at radius 1 is 1.35 bits per heavy atom. The molecule has 0 aromatic heterocycles. The third-order valence-corrected chi connectivity index (χ3v) is 4.14. The molecule has 1 aromatic carbocycles. The average Bonchev–Trinajstić information content (AvgIpc) is 3.17. The molecule has 1 aromatic rings. The Morgan fingerprint density at radius 2 is 2.00 bits per heavy atom. The lowest BCUT2D eigenvalue weighted by molar-refractivity contribution is -0.131. The summed E-state index contributed by atoms with van der Waals surface area (Å²) >= 11 is 0. The SMILES string of the molecule is COc1ccc(C2NC3(CC3)C(=O)N2CC(C)C)cc1. The smallest absolute Gasteiger partial charge is 0.244 e. The molecule has 1 saturated heterocycles. The van der Waals surface area contributed by atoms with Crippen molar-refractivity contribution in [3.63, 3.8) is 0 Å². The van der Waals surface area contributed by atoms with Crippen LogP contribution in [0.5, 0.6) is 5.75 Å². The van der Waals surface area contributed by atoms with Crippen molar-refractivity contribution in [2.24, 2.45) is 5.92 Å². The van der Waals surface area contributed by atoms with Gasteiger partial charge in [-0.2, -0.15) is 0 Å². The van der Waals surface area contributed by atoms with Crippen LogP contribution in [0.25, 0.3) is 0 Å². The fourth-order valence-corrected chi connectivity index (χ4v) is 2.91. The Kier molecular flexibility index (Phi) is 3.21. The molecular weight excluding hydrogens is 252 g/mol. The third kappa shape index (κ3) is 2.18. The second-order valence-electron chi connectivity index (χ2n) is 6.25. The number of nitrogens with zero attached hydrogens (tertiary/aromatic N) is 1. The molecule has 0 bridgehead atoms. The van der Waals surface area contributed by atoms with Crippen LogP contribution in [0.15, 0.2) is 24.3 Å². The second kappa shape index (κ2) is 4.77. The molecule has 1 heterocycles. The first-order valence-corrected chi connectivity index (χ1v) is 7.28. The Hall–Kier alpha value is -1.55. The molecule has 3 rings (SSSR count). The van der Waals surface area contributed by atoms with E-state index in [2.05, 4.69) is 19.2 Å². The number of nitrogens with one attached hydrogen (secondary N) is 1. The van der Waals surface area contributed by atoms with Gasteiger partial charge < -0.3 is 9.64 Å². The van der Waals surface area contributed by atoms with Crippen molar-refractivity contribution in [2.75, 3.05) is 13.7 Å². The highest BCUT2D eigenvalue weighted by atomic mass is 16.5. The summed E-state index contributed by atoms with van der Waals surface area (Å²) in [6, 6.07) is 7.98. The van der Waals surface area contributed by atoms with Crippen molar-refractivity contribution in [1.29, 1.82) is 0 Å². The van der Waals surface area contributed by atoms with E-state index in [1.165, 1.54) is 0 Å². The monoisotopic (exact) mass is 274 g/mol. The normalized spacial score (nSPS) is 23.7. The summed E-state index contributed by atoms with van der Waals surface area (Å²) < 4.78 is 5.20. The van der Waals surface area contributed by atoms with Crippen molar-refractivity contribution in [1.82, 2.24) is 10.2 Å². The van der Waals surface area contributed by atoms with Crippen LogP contribution in [0.3, 0.4) is 0 Å². The number of hydrogen-bond donors (Lipinski definition) is 1. The molecule has 1 amide bonds. The van der Waals surface area contributed by atoms with Crippen LogP contribution in [0, 0.1) is 5.92 Å². The van der Waals surface area contributed by atoms with E-state index < -0.39 is 0 Å². The van der Waals surface area contributed by atoms with Gasteiger partial charge in [0.2, 0.25) is 5.91 Å². The molecule has 1 atom stereocenters. The van der Waals surface area contributed by atoms with E-state index >= 15 is 0 Å². The fraction of sp³-hybridized carbons (Fsp3) is 0.562. The summed E-state index contributed by atoms with van der Waals surface area (Å²) in [5.74, 6) is 1.58. The molecular formula is C16H22N2O2. The highest BCUT2D eigenvalue weighted by Crippen LogP contribution is 2.46. The Morgan fingerprint density at radius 3 is 2.50 bits per heavy atom. The zero-order valence-corrected chi connectivity index (χ0v) is 12.3. The molecule has 1 aliphatic carbocycles. The molecule has 2 aliphatic rings. The molecule has 1 spiro atoms. The number of amides is 1. The van der Waals surface area contributed by atoms with E-state index in [0.717, 1.165) is 30.7 Å². The van der Waals surface area contributed by atoms with Crippen LogP contribution < -0.4 is 10.1 Å². The van der Waals surface area contributed by atoms with Crippen molar-refractivity contribution < 1.29 is 9.53 Å². The number of methoxy groups -OCH3 is 1. The van der Waals surface area contributed by atoms with Gasteiger partial charge in [0.1, 0.15) is 17.5 Å². The molecule has 1 aliphatic heterocycles. The molecule has 1 saturated carbocycles. The highest BCUT2D eigenvalue weighted by Gasteiger charge is 2.59. The first-order chi connectivity index (χ1) is 9.55. The minimum Gasteiger partial charge on any atom is -0.497 e. The first-order valence-electron chi connectivity index (χ1n) is 7.28. The van der Waals surface area contributed by atoms with Crippen LogP contribution in [0.4, 0.5) is 0 Å². The lowest BCUT2D eigenvalue weighted by Gasteiger charge is -2.26. The van der Waals surface area contributed by atoms with Gasteiger partial charge in [-0.05, 0) is 36.5 Å². The predicted octanol–water partition coefficient (Wildman–Crippen LogP) is 2.31. The van der Waals surface area contributed by atoms with Gasteiger partial charge in [0.05, 0.1) is 7.11 Å². The van der Waals surface area contributed by atoms with E-state index in [1.54, 1.807) is 7.11 Å². The van der Waals surface area contributed by atoms with Gasteiger partial charge in [-0.1, -0.05) is 26.0 Å². The number of benzene rings is 1. The summed E-state index contributed by atoms with van der Waals surface area (Å²) in [6.07, 6.45) is 1.93. The summed E-state index contributed by atoms with van der Waals surface area (Å²) in [5.41, 5.74) is 0.864. The third-order valence-electron chi connectivity index (χ3n) is 4.14. The van der Waals surface area contributed by atoms with Gasteiger partial charge >= 0.3 is 0 Å². The zero-order valence-electron chi connectivity index (χ0n) is 12.3. The molecule has 1 unspecified atom stereocenters. The number of hydrogen-bond acceptors (Lipinski definition) is 3. The van der Waals surface area contributed by atoms with E-state index in [9.17, 15) is 4.79 Å². The van der Waals surface area contributed by atoms with Crippen molar-refractivity contribution in [3.05, 3.63) is 29.8 Å². The van der Waals surface area contributed by atoms with E-state index in [1.807, 2.05) is 29.2 Å². The Balaban J connectivity index is 1.87. The minimum atomic E-state index is -0.264. The van der Waals surface area contributed by atoms with Crippen molar-refractivity contribution >= 4 is 5.91 Å². The standard InChI is InChI=1S/C16H22N2O2/c1-11(2)10-18-14(17-16(8-9-16)15(18)19)12-4-6-13(20-3)7-5-12/h4-7,11,14,17H,8-10H2,1-3H3. The summed E-state index contributed by atoms with van der Waals surface area (Å²) in [5, 5.41) is 3.54. The average molecular weight is 274 g/mol. The Labute approximate surface area is 120 Å². The number of ether oxygens (including phenoxy) is 1. The molecule has 2 fully saturated rings. The number of rotatable bonds is 4. The summed E-state index contributed by atoms with van der Waals surface area (Å²) in [7, 11) is 1.66. The van der Waals surface area contributed by atoms with Crippen molar-refractivity contribution in [3.8, 4) is 5.75 Å². The maximum absolute atomic E-state index is 12.6. The maximum atomic E-state index is 12.6. The maximum Gasteiger partial charge on any atom is 0.244 e. The van der Waals surface area contributed by atoms with Gasteiger partial charge in [0, 0.05) is 6.54 Å².